The molecule has 1 unspecified atom stereocenters. The molecular formula is C21H31F3N2O3. The second kappa shape index (κ2) is 10.00. The Balaban J connectivity index is 1.53. The summed E-state index contributed by atoms with van der Waals surface area (Å²) in [5.41, 5.74) is 0.959. The van der Waals surface area contributed by atoms with E-state index in [2.05, 4.69) is 4.90 Å². The number of aliphatic hydroxyl groups is 1. The number of piperidine rings is 1. The summed E-state index contributed by atoms with van der Waals surface area (Å²) in [6, 6.07) is 5.57. The molecule has 2 aliphatic rings. The molecule has 2 aliphatic heterocycles. The molecule has 0 saturated carbocycles. The van der Waals surface area contributed by atoms with Crippen LogP contribution in [0.5, 0.6) is 11.5 Å². The lowest BCUT2D eigenvalue weighted by Crippen LogP contribution is -2.38. The van der Waals surface area contributed by atoms with Crippen LogP contribution in [-0.2, 0) is 6.54 Å². The topological polar surface area (TPSA) is 45.2 Å². The largest absolute Gasteiger partial charge is 0.493 e. The minimum absolute atomic E-state index is 0.145. The zero-order chi connectivity index (χ0) is 20.9. The molecule has 2 fully saturated rings. The Morgan fingerprint density at radius 1 is 1.07 bits per heavy atom. The molecule has 0 aromatic heterocycles. The van der Waals surface area contributed by atoms with Crippen LogP contribution in [0.25, 0.3) is 0 Å². The van der Waals surface area contributed by atoms with Gasteiger partial charge in [0.25, 0.3) is 0 Å². The van der Waals surface area contributed by atoms with Gasteiger partial charge in [0.1, 0.15) is 12.7 Å². The van der Waals surface area contributed by atoms with Crippen molar-refractivity contribution in [3.05, 3.63) is 23.8 Å². The molecule has 0 spiro atoms. The van der Waals surface area contributed by atoms with Crippen LogP contribution >= 0.6 is 0 Å². The highest BCUT2D eigenvalue weighted by molar-refractivity contribution is 5.43. The van der Waals surface area contributed by atoms with Crippen LogP contribution in [0.4, 0.5) is 13.2 Å². The van der Waals surface area contributed by atoms with Crippen molar-refractivity contribution >= 4 is 0 Å². The van der Waals surface area contributed by atoms with Crippen LogP contribution < -0.4 is 9.47 Å². The first-order valence-electron chi connectivity index (χ1n) is 10.3. The number of hydrogen-bond donors (Lipinski definition) is 1. The van der Waals surface area contributed by atoms with Crippen LogP contribution in [0, 0.1) is 5.92 Å². The third kappa shape index (κ3) is 6.49. The molecule has 1 N–H and O–H groups in total. The Morgan fingerprint density at radius 3 is 2.38 bits per heavy atom. The van der Waals surface area contributed by atoms with Crippen molar-refractivity contribution in [2.24, 2.45) is 5.92 Å². The number of β-amino-alcohol motifs (C(OH)–C–C–N with tert-alkyl or cyclic N) is 1. The highest BCUT2D eigenvalue weighted by Crippen LogP contribution is 2.35. The quantitative estimate of drug-likeness (QED) is 0.705. The molecule has 0 radical (unpaired) electrons. The lowest BCUT2D eigenvalue weighted by atomic mass is 9.96. The molecular weight excluding hydrogens is 385 g/mol. The highest BCUT2D eigenvalue weighted by atomic mass is 19.4. The number of hydrogen-bond acceptors (Lipinski definition) is 5. The molecule has 164 valence electrons. The van der Waals surface area contributed by atoms with E-state index in [4.69, 9.17) is 9.47 Å². The van der Waals surface area contributed by atoms with Crippen molar-refractivity contribution in [1.82, 2.24) is 9.80 Å². The molecule has 1 aromatic carbocycles. The fourth-order valence-corrected chi connectivity index (χ4v) is 4.11. The minimum atomic E-state index is -4.09. The van der Waals surface area contributed by atoms with Gasteiger partial charge in [0, 0.05) is 13.1 Å². The zero-order valence-corrected chi connectivity index (χ0v) is 17.0. The van der Waals surface area contributed by atoms with Crippen LogP contribution in [0.2, 0.25) is 0 Å². The van der Waals surface area contributed by atoms with Crippen molar-refractivity contribution in [3.8, 4) is 11.5 Å². The third-order valence-corrected chi connectivity index (χ3v) is 5.78. The van der Waals surface area contributed by atoms with E-state index in [0.717, 1.165) is 18.7 Å². The standard InChI is InChI=1S/C21H31F3N2O3/c1-28-19-5-4-16(13-26-10-6-17(7-11-26)21(22,23)24)12-20(19)29-15-18(27)14-25-8-2-3-9-25/h4-5,12,17-18,27H,2-3,6-11,13-15H2,1H3. The maximum absolute atomic E-state index is 12.8. The SMILES string of the molecule is COc1ccc(CN2CCC(C(F)(F)F)CC2)cc1OCC(O)CN1CCCC1. The number of halogens is 3. The lowest BCUT2D eigenvalue weighted by molar-refractivity contribution is -0.185. The first kappa shape index (κ1) is 22.2. The van der Waals surface area contributed by atoms with Crippen molar-refractivity contribution in [3.63, 3.8) is 0 Å². The number of likely N-dealkylation sites (tertiary alicyclic amines) is 2. The number of benzene rings is 1. The summed E-state index contributed by atoms with van der Waals surface area (Å²) in [5, 5.41) is 10.2. The number of nitrogens with zero attached hydrogens (tertiary/aromatic N) is 2. The monoisotopic (exact) mass is 416 g/mol. The fraction of sp³-hybridized carbons (Fsp3) is 0.714. The molecule has 2 heterocycles. The number of rotatable bonds is 8. The lowest BCUT2D eigenvalue weighted by Gasteiger charge is -2.33. The van der Waals surface area contributed by atoms with Crippen LogP contribution in [0.1, 0.15) is 31.2 Å². The Bertz CT molecular complexity index is 643. The van der Waals surface area contributed by atoms with E-state index in [9.17, 15) is 18.3 Å². The molecule has 8 heteroatoms. The molecule has 3 rings (SSSR count). The first-order chi connectivity index (χ1) is 13.8. The maximum atomic E-state index is 12.8. The van der Waals surface area contributed by atoms with E-state index in [1.54, 1.807) is 13.2 Å². The minimum Gasteiger partial charge on any atom is -0.493 e. The number of ether oxygens (including phenoxy) is 2. The van der Waals surface area contributed by atoms with E-state index in [-0.39, 0.29) is 19.4 Å². The summed E-state index contributed by atoms with van der Waals surface area (Å²) in [7, 11) is 1.56. The van der Waals surface area contributed by atoms with Crippen molar-refractivity contribution in [2.45, 2.75) is 44.5 Å². The average molecular weight is 416 g/mol. The summed E-state index contributed by atoms with van der Waals surface area (Å²) in [6.45, 7) is 4.23. The Kier molecular flexibility index (Phi) is 7.65. The Morgan fingerprint density at radius 2 is 1.76 bits per heavy atom. The molecule has 5 nitrogen and oxygen atoms in total. The van der Waals surface area contributed by atoms with E-state index in [1.165, 1.54) is 12.8 Å². The summed E-state index contributed by atoms with van der Waals surface area (Å²) in [6.07, 6.45) is -2.05. The molecule has 0 bridgehead atoms. The van der Waals surface area contributed by atoms with Gasteiger partial charge < -0.3 is 19.5 Å². The van der Waals surface area contributed by atoms with E-state index in [0.29, 0.717) is 37.7 Å². The first-order valence-corrected chi connectivity index (χ1v) is 10.3. The molecule has 1 atom stereocenters. The van der Waals surface area contributed by atoms with Gasteiger partial charge in [0.05, 0.1) is 13.0 Å². The maximum Gasteiger partial charge on any atom is 0.391 e. The van der Waals surface area contributed by atoms with Gasteiger partial charge in [0.15, 0.2) is 11.5 Å². The number of methoxy groups -OCH3 is 1. The molecule has 29 heavy (non-hydrogen) atoms. The summed E-state index contributed by atoms with van der Waals surface area (Å²) in [4.78, 5) is 4.27. The van der Waals surface area contributed by atoms with Crippen LogP contribution in [0.15, 0.2) is 18.2 Å². The van der Waals surface area contributed by atoms with E-state index >= 15 is 0 Å². The molecule has 0 amide bonds. The summed E-state index contributed by atoms with van der Waals surface area (Å²) >= 11 is 0. The predicted molar refractivity (Wildman–Crippen MR) is 104 cm³/mol. The average Bonchev–Trinajstić information content (AvgIpc) is 3.19. The van der Waals surface area contributed by atoms with Gasteiger partial charge in [-0.3, -0.25) is 4.90 Å². The van der Waals surface area contributed by atoms with Gasteiger partial charge in [-0.15, -0.1) is 0 Å². The normalized spacial score (nSPS) is 20.7. The van der Waals surface area contributed by atoms with Crippen molar-refractivity contribution in [1.29, 1.82) is 0 Å². The molecule has 0 aliphatic carbocycles. The second-order valence-corrected chi connectivity index (χ2v) is 8.05. The second-order valence-electron chi connectivity index (χ2n) is 8.05. The summed E-state index contributed by atoms with van der Waals surface area (Å²) < 4.78 is 49.7. The Hall–Kier alpha value is -1.51. The van der Waals surface area contributed by atoms with Crippen molar-refractivity contribution < 1.29 is 27.8 Å². The summed E-state index contributed by atoms with van der Waals surface area (Å²) in [5.74, 6) is -0.0563. The van der Waals surface area contributed by atoms with Gasteiger partial charge in [0.2, 0.25) is 0 Å². The van der Waals surface area contributed by atoms with Gasteiger partial charge in [-0.05, 0) is 69.6 Å². The molecule has 2 saturated heterocycles. The van der Waals surface area contributed by atoms with Gasteiger partial charge in [-0.1, -0.05) is 6.07 Å². The van der Waals surface area contributed by atoms with Crippen LogP contribution in [-0.4, -0.2) is 73.6 Å². The van der Waals surface area contributed by atoms with Gasteiger partial charge in [-0.25, -0.2) is 0 Å². The highest BCUT2D eigenvalue weighted by Gasteiger charge is 2.40. The fourth-order valence-electron chi connectivity index (χ4n) is 4.11. The third-order valence-electron chi connectivity index (χ3n) is 5.78. The van der Waals surface area contributed by atoms with Gasteiger partial charge >= 0.3 is 6.18 Å². The zero-order valence-electron chi connectivity index (χ0n) is 17.0. The number of aliphatic hydroxyl groups excluding tert-OH is 1. The van der Waals surface area contributed by atoms with Gasteiger partial charge in [-0.2, -0.15) is 13.2 Å². The predicted octanol–water partition coefficient (Wildman–Crippen LogP) is 3.31. The van der Waals surface area contributed by atoms with Crippen LogP contribution in [0.3, 0.4) is 0 Å². The Labute approximate surface area is 170 Å². The number of alkyl halides is 3. The van der Waals surface area contributed by atoms with E-state index in [1.807, 2.05) is 17.0 Å². The molecule has 1 aromatic rings. The van der Waals surface area contributed by atoms with Crippen molar-refractivity contribution in [2.75, 3.05) is 46.4 Å². The van der Waals surface area contributed by atoms with E-state index < -0.39 is 18.2 Å². The smallest absolute Gasteiger partial charge is 0.391 e.